The Labute approximate surface area is 177 Å². The van der Waals surface area contributed by atoms with Crippen LogP contribution in [0.15, 0.2) is 95.8 Å². The third-order valence-corrected chi connectivity index (χ3v) is 4.43. The predicted octanol–water partition coefficient (Wildman–Crippen LogP) is 4.48. The highest BCUT2D eigenvalue weighted by Gasteiger charge is 2.11. The van der Waals surface area contributed by atoms with E-state index < -0.39 is 17.3 Å². The van der Waals surface area contributed by atoms with Crippen LogP contribution in [0.2, 0.25) is 0 Å². The summed E-state index contributed by atoms with van der Waals surface area (Å²) in [6, 6.07) is 25.0. The Morgan fingerprint density at radius 2 is 1.55 bits per heavy atom. The van der Waals surface area contributed by atoms with Crippen molar-refractivity contribution in [3.8, 4) is 22.8 Å². The van der Waals surface area contributed by atoms with Crippen molar-refractivity contribution in [1.82, 2.24) is 9.78 Å². The maximum Gasteiger partial charge on any atom is 0.267 e. The van der Waals surface area contributed by atoms with E-state index in [2.05, 4.69) is 10.4 Å². The van der Waals surface area contributed by atoms with Crippen molar-refractivity contribution in [2.75, 3.05) is 5.32 Å². The number of nitrogens with zero attached hydrogens (tertiary/aromatic N) is 2. The molecule has 0 unspecified atom stereocenters. The number of carbonyl (C=O) groups is 1. The van der Waals surface area contributed by atoms with Gasteiger partial charge in [-0.05, 0) is 54.6 Å². The number of rotatable bonds is 6. The van der Waals surface area contributed by atoms with Crippen LogP contribution < -0.4 is 15.6 Å². The molecule has 1 heterocycles. The molecule has 0 spiro atoms. The minimum Gasteiger partial charge on any atom is -0.457 e. The van der Waals surface area contributed by atoms with Crippen LogP contribution in [0.3, 0.4) is 0 Å². The summed E-state index contributed by atoms with van der Waals surface area (Å²) < 4.78 is 20.7. The first-order valence-electron chi connectivity index (χ1n) is 9.54. The van der Waals surface area contributed by atoms with Gasteiger partial charge in [0.2, 0.25) is 5.91 Å². The molecule has 1 N–H and O–H groups in total. The molecule has 0 atom stereocenters. The molecule has 0 aliphatic heterocycles. The Kier molecular flexibility index (Phi) is 5.84. The predicted molar refractivity (Wildman–Crippen MR) is 115 cm³/mol. The first-order chi connectivity index (χ1) is 15.1. The average molecular weight is 415 g/mol. The number of aromatic nitrogens is 2. The molecular formula is C24H18FN3O3. The zero-order valence-corrected chi connectivity index (χ0v) is 16.4. The molecule has 154 valence electrons. The molecule has 0 saturated heterocycles. The van der Waals surface area contributed by atoms with Gasteiger partial charge in [-0.2, -0.15) is 5.10 Å². The van der Waals surface area contributed by atoms with Gasteiger partial charge in [-0.25, -0.2) is 9.07 Å². The van der Waals surface area contributed by atoms with Crippen molar-refractivity contribution in [3.05, 3.63) is 107 Å². The van der Waals surface area contributed by atoms with E-state index in [9.17, 15) is 14.0 Å². The van der Waals surface area contributed by atoms with Gasteiger partial charge >= 0.3 is 0 Å². The van der Waals surface area contributed by atoms with Gasteiger partial charge in [0, 0.05) is 17.3 Å². The largest absolute Gasteiger partial charge is 0.457 e. The smallest absolute Gasteiger partial charge is 0.267 e. The van der Waals surface area contributed by atoms with Crippen LogP contribution in [-0.4, -0.2) is 15.7 Å². The monoisotopic (exact) mass is 415 g/mol. The summed E-state index contributed by atoms with van der Waals surface area (Å²) in [6.45, 7) is -0.302. The van der Waals surface area contributed by atoms with E-state index in [0.29, 0.717) is 17.2 Å². The highest BCUT2D eigenvalue weighted by Crippen LogP contribution is 2.23. The van der Waals surface area contributed by atoms with Crippen LogP contribution >= 0.6 is 0 Å². The van der Waals surface area contributed by atoms with Gasteiger partial charge in [-0.1, -0.05) is 30.3 Å². The van der Waals surface area contributed by atoms with Crippen LogP contribution in [0.1, 0.15) is 0 Å². The number of hydrogen-bond acceptors (Lipinski definition) is 4. The number of amides is 1. The maximum atomic E-state index is 14.0. The minimum atomic E-state index is -0.457. The van der Waals surface area contributed by atoms with Crippen LogP contribution in [0, 0.1) is 5.82 Å². The zero-order valence-electron chi connectivity index (χ0n) is 16.4. The number of carbonyl (C=O) groups excluding carboxylic acids is 1. The molecule has 0 saturated carbocycles. The fourth-order valence-electron chi connectivity index (χ4n) is 2.94. The Morgan fingerprint density at radius 1 is 0.871 bits per heavy atom. The van der Waals surface area contributed by atoms with Crippen LogP contribution in [0.5, 0.6) is 11.5 Å². The van der Waals surface area contributed by atoms with E-state index in [1.807, 2.05) is 30.3 Å². The number of halogens is 1. The van der Waals surface area contributed by atoms with Crippen molar-refractivity contribution in [1.29, 1.82) is 0 Å². The first-order valence-corrected chi connectivity index (χ1v) is 9.54. The second kappa shape index (κ2) is 9.04. The van der Waals surface area contributed by atoms with E-state index in [0.717, 1.165) is 4.68 Å². The Balaban J connectivity index is 1.43. The van der Waals surface area contributed by atoms with Crippen molar-refractivity contribution >= 4 is 11.6 Å². The Morgan fingerprint density at radius 3 is 2.29 bits per heavy atom. The second-order valence-electron chi connectivity index (χ2n) is 6.68. The SMILES string of the molecule is O=C(Cn1nc(-c2ccccc2F)ccc1=O)Nc1ccc(Oc2ccccc2)cc1. The number of anilines is 1. The number of ether oxygens (including phenoxy) is 1. The molecule has 0 fully saturated rings. The van der Waals surface area contributed by atoms with E-state index in [-0.39, 0.29) is 17.8 Å². The summed E-state index contributed by atoms with van der Waals surface area (Å²) in [6.07, 6.45) is 0. The number of hydrogen-bond donors (Lipinski definition) is 1. The number of benzene rings is 3. The molecule has 0 aliphatic carbocycles. The third-order valence-electron chi connectivity index (χ3n) is 4.43. The minimum absolute atomic E-state index is 0.255. The average Bonchev–Trinajstić information content (AvgIpc) is 2.78. The van der Waals surface area contributed by atoms with Gasteiger partial charge in [0.05, 0.1) is 5.69 Å². The van der Waals surface area contributed by atoms with Gasteiger partial charge < -0.3 is 10.1 Å². The van der Waals surface area contributed by atoms with Gasteiger partial charge in [-0.3, -0.25) is 9.59 Å². The molecule has 6 nitrogen and oxygen atoms in total. The molecule has 1 amide bonds. The highest BCUT2D eigenvalue weighted by atomic mass is 19.1. The second-order valence-corrected chi connectivity index (χ2v) is 6.68. The zero-order chi connectivity index (χ0) is 21.6. The summed E-state index contributed by atoms with van der Waals surface area (Å²) >= 11 is 0. The molecule has 0 bridgehead atoms. The molecular weight excluding hydrogens is 397 g/mol. The lowest BCUT2D eigenvalue weighted by Gasteiger charge is -2.10. The molecule has 7 heteroatoms. The molecule has 3 aromatic carbocycles. The van der Waals surface area contributed by atoms with E-state index in [1.165, 1.54) is 18.2 Å². The molecule has 0 aliphatic rings. The summed E-state index contributed by atoms with van der Waals surface area (Å²) in [4.78, 5) is 24.5. The van der Waals surface area contributed by atoms with E-state index >= 15 is 0 Å². The summed E-state index contributed by atoms with van der Waals surface area (Å²) in [5.41, 5.74) is 0.615. The molecule has 4 aromatic rings. The lowest BCUT2D eigenvalue weighted by Crippen LogP contribution is -2.29. The quantitative estimate of drug-likeness (QED) is 0.504. The summed E-state index contributed by atoms with van der Waals surface area (Å²) in [5.74, 6) is 0.443. The van der Waals surface area contributed by atoms with E-state index in [4.69, 9.17) is 4.74 Å². The van der Waals surface area contributed by atoms with Gasteiger partial charge in [0.15, 0.2) is 0 Å². The fourth-order valence-corrected chi connectivity index (χ4v) is 2.94. The van der Waals surface area contributed by atoms with Gasteiger partial charge in [0.25, 0.3) is 5.56 Å². The Hall–Kier alpha value is -4.26. The number of para-hydroxylation sites is 1. The lowest BCUT2D eigenvalue weighted by atomic mass is 10.1. The van der Waals surface area contributed by atoms with Crippen molar-refractivity contribution in [2.24, 2.45) is 0 Å². The van der Waals surface area contributed by atoms with E-state index in [1.54, 1.807) is 42.5 Å². The summed E-state index contributed by atoms with van der Waals surface area (Å²) in [7, 11) is 0. The van der Waals surface area contributed by atoms with Gasteiger partial charge in [0.1, 0.15) is 23.9 Å². The van der Waals surface area contributed by atoms with Crippen LogP contribution in [0.25, 0.3) is 11.3 Å². The number of nitrogens with one attached hydrogen (secondary N) is 1. The van der Waals surface area contributed by atoms with Gasteiger partial charge in [-0.15, -0.1) is 0 Å². The molecule has 0 radical (unpaired) electrons. The standard InChI is InChI=1S/C24H18FN3O3/c25-21-9-5-4-8-20(21)22-14-15-24(30)28(27-22)16-23(29)26-17-10-12-19(13-11-17)31-18-6-2-1-3-7-18/h1-15H,16H2,(H,26,29). The van der Waals surface area contributed by atoms with Crippen molar-refractivity contribution in [2.45, 2.75) is 6.54 Å². The first kappa shape index (κ1) is 20.0. The topological polar surface area (TPSA) is 73.2 Å². The van der Waals surface area contributed by atoms with Crippen LogP contribution in [-0.2, 0) is 11.3 Å². The molecule has 1 aromatic heterocycles. The lowest BCUT2D eigenvalue weighted by molar-refractivity contribution is -0.117. The third kappa shape index (κ3) is 5.02. The molecule has 4 rings (SSSR count). The summed E-state index contributed by atoms with van der Waals surface area (Å²) in [5, 5.41) is 6.84. The van der Waals surface area contributed by atoms with Crippen molar-refractivity contribution < 1.29 is 13.9 Å². The molecule has 31 heavy (non-hydrogen) atoms. The maximum absolute atomic E-state index is 14.0. The van der Waals surface area contributed by atoms with Crippen LogP contribution in [0.4, 0.5) is 10.1 Å². The Bertz CT molecular complexity index is 1260. The highest BCUT2D eigenvalue weighted by molar-refractivity contribution is 5.90. The normalized spacial score (nSPS) is 10.5. The fraction of sp³-hybridized carbons (Fsp3) is 0.0417. The van der Waals surface area contributed by atoms with Crippen molar-refractivity contribution in [3.63, 3.8) is 0 Å².